The molecule has 0 fully saturated rings. The number of rotatable bonds is 6. The molecule has 0 aliphatic rings. The molecule has 0 saturated heterocycles. The summed E-state index contributed by atoms with van der Waals surface area (Å²) in [5, 5.41) is 14.5. The monoisotopic (exact) mass is 478 g/mol. The smallest absolute Gasteiger partial charge is 0.234 e. The fourth-order valence-electron chi connectivity index (χ4n) is 3.65. The minimum atomic E-state index is -0.193. The van der Waals surface area contributed by atoms with Crippen molar-refractivity contribution in [3.05, 3.63) is 65.7 Å². The number of thioether (sulfide) groups is 1. The van der Waals surface area contributed by atoms with E-state index in [2.05, 4.69) is 15.5 Å². The fraction of sp³-hybridized carbons (Fsp3) is 0.125. The maximum Gasteiger partial charge on any atom is 0.234 e. The number of aromatic nitrogens is 3. The van der Waals surface area contributed by atoms with Crippen LogP contribution in [-0.2, 0) is 11.8 Å². The Hall–Kier alpha value is -3.49. The molecule has 0 aliphatic heterocycles. The predicted octanol–water partition coefficient (Wildman–Crippen LogP) is 5.77. The van der Waals surface area contributed by atoms with Gasteiger partial charge in [0.1, 0.15) is 16.9 Å². The number of furan rings is 1. The molecule has 0 spiro atoms. The number of amides is 1. The number of fused-ring (bicyclic) bond motifs is 3. The molecule has 3 aromatic carbocycles. The minimum Gasteiger partial charge on any atom is -0.495 e. The van der Waals surface area contributed by atoms with Gasteiger partial charge in [0.15, 0.2) is 11.0 Å². The van der Waals surface area contributed by atoms with Crippen LogP contribution in [0.1, 0.15) is 0 Å². The molecule has 1 amide bonds. The molecule has 5 rings (SSSR count). The summed E-state index contributed by atoms with van der Waals surface area (Å²) in [5.41, 5.74) is 2.87. The van der Waals surface area contributed by atoms with E-state index in [1.54, 1.807) is 19.2 Å². The number of para-hydroxylation sites is 1. The van der Waals surface area contributed by atoms with E-state index >= 15 is 0 Å². The zero-order chi connectivity index (χ0) is 22.9. The number of ether oxygens (including phenoxy) is 1. The first-order valence-corrected chi connectivity index (χ1v) is 11.5. The van der Waals surface area contributed by atoms with E-state index in [0.717, 1.165) is 21.9 Å². The molecule has 0 saturated carbocycles. The maximum atomic E-state index is 12.7. The van der Waals surface area contributed by atoms with E-state index in [9.17, 15) is 4.79 Å². The highest BCUT2D eigenvalue weighted by Crippen LogP contribution is 2.36. The van der Waals surface area contributed by atoms with Gasteiger partial charge in [0, 0.05) is 34.5 Å². The number of halogens is 1. The molecule has 5 aromatic rings. The third-order valence-electron chi connectivity index (χ3n) is 5.22. The summed E-state index contributed by atoms with van der Waals surface area (Å²) in [5.74, 6) is 1.20. The normalized spacial score (nSPS) is 11.2. The molecular weight excluding hydrogens is 460 g/mol. The van der Waals surface area contributed by atoms with Gasteiger partial charge in [-0.25, -0.2) is 0 Å². The quantitative estimate of drug-likeness (QED) is 0.312. The van der Waals surface area contributed by atoms with Crippen LogP contribution < -0.4 is 10.1 Å². The molecule has 0 bridgehead atoms. The number of carbonyl (C=O) groups excluding carboxylic acids is 1. The van der Waals surface area contributed by atoms with Gasteiger partial charge in [-0.3, -0.25) is 4.79 Å². The molecule has 166 valence electrons. The van der Waals surface area contributed by atoms with E-state index in [1.165, 1.54) is 11.8 Å². The van der Waals surface area contributed by atoms with Crippen LogP contribution in [0.25, 0.3) is 33.3 Å². The molecule has 0 unspecified atom stereocenters. The molecule has 0 radical (unpaired) electrons. The SMILES string of the molecule is COc1cc2c(cc1NC(=O)CSc1nnc(-c3cccc(Cl)c3)n1C)oc1ccccc12. The van der Waals surface area contributed by atoms with Crippen molar-refractivity contribution in [2.24, 2.45) is 7.05 Å². The van der Waals surface area contributed by atoms with E-state index in [0.29, 0.717) is 33.0 Å². The largest absolute Gasteiger partial charge is 0.495 e. The van der Waals surface area contributed by atoms with Gasteiger partial charge in [0.05, 0.1) is 18.6 Å². The number of carbonyl (C=O) groups is 1. The summed E-state index contributed by atoms with van der Waals surface area (Å²) in [7, 11) is 3.43. The summed E-state index contributed by atoms with van der Waals surface area (Å²) in [6, 6.07) is 18.9. The van der Waals surface area contributed by atoms with Gasteiger partial charge in [0.2, 0.25) is 5.91 Å². The summed E-state index contributed by atoms with van der Waals surface area (Å²) >= 11 is 7.38. The Morgan fingerprint density at radius 3 is 2.76 bits per heavy atom. The highest BCUT2D eigenvalue weighted by atomic mass is 35.5. The molecule has 1 N–H and O–H groups in total. The minimum absolute atomic E-state index is 0.156. The zero-order valence-electron chi connectivity index (χ0n) is 17.8. The van der Waals surface area contributed by atoms with E-state index in [-0.39, 0.29) is 11.7 Å². The number of anilines is 1. The van der Waals surface area contributed by atoms with Crippen molar-refractivity contribution in [2.75, 3.05) is 18.2 Å². The number of hydrogen-bond donors (Lipinski definition) is 1. The molecule has 0 atom stereocenters. The van der Waals surface area contributed by atoms with Gasteiger partial charge in [-0.2, -0.15) is 0 Å². The van der Waals surface area contributed by atoms with Crippen molar-refractivity contribution >= 4 is 56.9 Å². The van der Waals surface area contributed by atoms with E-state index in [4.69, 9.17) is 20.8 Å². The van der Waals surface area contributed by atoms with Crippen LogP contribution in [0.3, 0.4) is 0 Å². The number of nitrogens with zero attached hydrogens (tertiary/aromatic N) is 3. The highest BCUT2D eigenvalue weighted by molar-refractivity contribution is 7.99. The second-order valence-corrected chi connectivity index (χ2v) is 8.74. The maximum absolute atomic E-state index is 12.7. The van der Waals surface area contributed by atoms with Crippen LogP contribution in [0.5, 0.6) is 5.75 Å². The Morgan fingerprint density at radius 2 is 1.94 bits per heavy atom. The third-order valence-corrected chi connectivity index (χ3v) is 6.48. The Bertz CT molecular complexity index is 1490. The second-order valence-electron chi connectivity index (χ2n) is 7.36. The van der Waals surface area contributed by atoms with Gasteiger partial charge in [-0.05, 0) is 24.3 Å². The molecule has 2 heterocycles. The Balaban J connectivity index is 1.33. The predicted molar refractivity (Wildman–Crippen MR) is 131 cm³/mol. The average Bonchev–Trinajstić information content (AvgIpc) is 3.36. The first kappa shape index (κ1) is 21.4. The van der Waals surface area contributed by atoms with Crippen LogP contribution in [-0.4, -0.2) is 33.5 Å². The van der Waals surface area contributed by atoms with Gasteiger partial charge in [-0.1, -0.05) is 53.7 Å². The van der Waals surface area contributed by atoms with Crippen molar-refractivity contribution in [1.82, 2.24) is 14.8 Å². The lowest BCUT2D eigenvalue weighted by Gasteiger charge is -2.10. The molecule has 33 heavy (non-hydrogen) atoms. The number of nitrogens with one attached hydrogen (secondary N) is 1. The van der Waals surface area contributed by atoms with Crippen molar-refractivity contribution in [3.63, 3.8) is 0 Å². The Labute approximate surface area is 198 Å². The summed E-state index contributed by atoms with van der Waals surface area (Å²) in [6.07, 6.45) is 0. The summed E-state index contributed by atoms with van der Waals surface area (Å²) in [6.45, 7) is 0. The number of benzene rings is 3. The first-order valence-electron chi connectivity index (χ1n) is 10.1. The van der Waals surface area contributed by atoms with Crippen LogP contribution in [0.4, 0.5) is 5.69 Å². The van der Waals surface area contributed by atoms with Gasteiger partial charge in [-0.15, -0.1) is 10.2 Å². The van der Waals surface area contributed by atoms with Crippen molar-refractivity contribution < 1.29 is 13.9 Å². The lowest BCUT2D eigenvalue weighted by molar-refractivity contribution is -0.113. The summed E-state index contributed by atoms with van der Waals surface area (Å²) in [4.78, 5) is 12.7. The number of hydrogen-bond acceptors (Lipinski definition) is 6. The average molecular weight is 479 g/mol. The van der Waals surface area contributed by atoms with Crippen LogP contribution >= 0.6 is 23.4 Å². The van der Waals surface area contributed by atoms with Gasteiger partial charge < -0.3 is 19.0 Å². The fourth-order valence-corrected chi connectivity index (χ4v) is 4.56. The standard InChI is InChI=1S/C24H19ClN4O3S/c1-29-23(14-6-5-7-15(25)10-14)27-28-24(29)33-13-22(30)26-18-12-20-17(11-21(18)31-2)16-8-3-4-9-19(16)32-20/h3-12H,13H2,1-2H3,(H,26,30). The van der Waals surface area contributed by atoms with E-state index < -0.39 is 0 Å². The highest BCUT2D eigenvalue weighted by Gasteiger charge is 2.16. The van der Waals surface area contributed by atoms with Gasteiger partial charge >= 0.3 is 0 Å². The topological polar surface area (TPSA) is 82.2 Å². The third kappa shape index (κ3) is 4.15. The van der Waals surface area contributed by atoms with Crippen molar-refractivity contribution in [2.45, 2.75) is 5.16 Å². The molecule has 7 nitrogen and oxygen atoms in total. The molecule has 9 heteroatoms. The molecular formula is C24H19ClN4O3S. The van der Waals surface area contributed by atoms with Crippen LogP contribution in [0.2, 0.25) is 5.02 Å². The number of methoxy groups -OCH3 is 1. The molecule has 0 aliphatic carbocycles. The van der Waals surface area contributed by atoms with Crippen molar-refractivity contribution in [3.8, 4) is 17.1 Å². The molecule has 2 aromatic heterocycles. The van der Waals surface area contributed by atoms with Crippen molar-refractivity contribution in [1.29, 1.82) is 0 Å². The van der Waals surface area contributed by atoms with E-state index in [1.807, 2.05) is 60.1 Å². The van der Waals surface area contributed by atoms with Crippen LogP contribution in [0, 0.1) is 0 Å². The summed E-state index contributed by atoms with van der Waals surface area (Å²) < 4.78 is 13.3. The lowest BCUT2D eigenvalue weighted by atomic mass is 10.1. The Kier molecular flexibility index (Phi) is 5.70. The second kappa shape index (κ2) is 8.80. The Morgan fingerprint density at radius 1 is 1.09 bits per heavy atom. The zero-order valence-corrected chi connectivity index (χ0v) is 19.4. The lowest BCUT2D eigenvalue weighted by Crippen LogP contribution is -2.15. The van der Waals surface area contributed by atoms with Crippen LogP contribution in [0.15, 0.2) is 70.2 Å². The first-order chi connectivity index (χ1) is 16.0. The van der Waals surface area contributed by atoms with Gasteiger partial charge in [0.25, 0.3) is 0 Å².